The minimum Gasteiger partial charge on any atom is -0.352 e. The number of pyridine rings is 1. The van der Waals surface area contributed by atoms with Crippen LogP contribution in [0, 0.1) is 0 Å². The lowest BCUT2D eigenvalue weighted by Gasteiger charge is -2.40. The molecule has 18 heavy (non-hydrogen) atoms. The maximum Gasteiger partial charge on any atom is 0.243 e. The van der Waals surface area contributed by atoms with Crippen LogP contribution in [-0.2, 0) is 0 Å². The van der Waals surface area contributed by atoms with Crippen molar-refractivity contribution < 1.29 is 0 Å². The molecule has 0 saturated heterocycles. The minimum atomic E-state index is 0.398. The number of hydrogen-bond donors (Lipinski definition) is 1. The number of anilines is 1. The second-order valence-electron chi connectivity index (χ2n) is 4.65. The predicted octanol–water partition coefficient (Wildman–Crippen LogP) is 3.19. The number of aromatic nitrogens is 3. The van der Waals surface area contributed by atoms with Gasteiger partial charge < -0.3 is 5.32 Å². The van der Waals surface area contributed by atoms with Crippen molar-refractivity contribution in [2.45, 2.75) is 24.0 Å². The van der Waals surface area contributed by atoms with Crippen LogP contribution in [0.4, 0.5) is 5.95 Å². The highest BCUT2D eigenvalue weighted by molar-refractivity contribution is 9.10. The van der Waals surface area contributed by atoms with E-state index < -0.39 is 0 Å². The molecule has 0 atom stereocenters. The summed E-state index contributed by atoms with van der Waals surface area (Å²) in [4.78, 5) is 4.49. The Labute approximate surface area is 119 Å². The molecule has 1 fully saturated rings. The second-order valence-corrected chi connectivity index (χ2v) is 6.78. The van der Waals surface area contributed by atoms with E-state index >= 15 is 0 Å². The van der Waals surface area contributed by atoms with E-state index in [9.17, 15) is 0 Å². The molecule has 0 radical (unpaired) electrons. The zero-order valence-electron chi connectivity index (χ0n) is 10.2. The second kappa shape index (κ2) is 4.74. The molecule has 4 nitrogen and oxygen atoms in total. The maximum atomic E-state index is 4.49. The molecule has 2 aromatic heterocycles. The summed E-state index contributed by atoms with van der Waals surface area (Å²) in [5, 5.41) is 7.79. The highest BCUT2D eigenvalue weighted by Gasteiger charge is 2.36. The summed E-state index contributed by atoms with van der Waals surface area (Å²) >= 11 is 5.44. The first-order valence-electron chi connectivity index (χ1n) is 6.02. The molecule has 1 aliphatic rings. The van der Waals surface area contributed by atoms with Gasteiger partial charge in [-0.1, -0.05) is 6.42 Å². The lowest BCUT2D eigenvalue weighted by Crippen LogP contribution is -2.40. The molecular weight excluding hydrogens is 312 g/mol. The summed E-state index contributed by atoms with van der Waals surface area (Å²) in [6.45, 7) is 0.947. The van der Waals surface area contributed by atoms with Crippen LogP contribution in [0.3, 0.4) is 0 Å². The van der Waals surface area contributed by atoms with Gasteiger partial charge in [0, 0.05) is 17.5 Å². The summed E-state index contributed by atoms with van der Waals surface area (Å²) in [6.07, 6.45) is 8.02. The molecule has 0 aromatic carbocycles. The Morgan fingerprint density at radius 3 is 3.00 bits per heavy atom. The molecule has 0 unspecified atom stereocenters. The lowest BCUT2D eigenvalue weighted by atomic mass is 9.84. The molecule has 0 amide bonds. The van der Waals surface area contributed by atoms with Crippen molar-refractivity contribution >= 4 is 39.3 Å². The predicted molar refractivity (Wildman–Crippen MR) is 79.3 cm³/mol. The molecular formula is C12H15BrN4S. The van der Waals surface area contributed by atoms with Crippen molar-refractivity contribution in [3.63, 3.8) is 0 Å². The average Bonchev–Trinajstić information content (AvgIpc) is 2.73. The molecule has 3 rings (SSSR count). The number of fused-ring (bicyclic) bond motifs is 1. The quantitative estimate of drug-likeness (QED) is 0.936. The van der Waals surface area contributed by atoms with Gasteiger partial charge in [0.15, 0.2) is 5.65 Å². The molecule has 2 heterocycles. The Hall–Kier alpha value is -0.750. The number of rotatable bonds is 4. The first kappa shape index (κ1) is 12.3. The fourth-order valence-electron chi connectivity index (χ4n) is 2.21. The minimum absolute atomic E-state index is 0.398. The van der Waals surface area contributed by atoms with E-state index in [0.717, 1.165) is 16.7 Å². The van der Waals surface area contributed by atoms with E-state index in [0.29, 0.717) is 10.7 Å². The van der Waals surface area contributed by atoms with Crippen molar-refractivity contribution in [1.82, 2.24) is 14.6 Å². The van der Waals surface area contributed by atoms with Crippen molar-refractivity contribution in [2.24, 2.45) is 0 Å². The van der Waals surface area contributed by atoms with Crippen molar-refractivity contribution in [1.29, 1.82) is 0 Å². The Morgan fingerprint density at radius 1 is 1.56 bits per heavy atom. The van der Waals surface area contributed by atoms with Gasteiger partial charge in [-0.3, -0.25) is 0 Å². The van der Waals surface area contributed by atoms with E-state index in [2.05, 4.69) is 37.6 Å². The molecule has 1 saturated carbocycles. The van der Waals surface area contributed by atoms with Gasteiger partial charge >= 0.3 is 0 Å². The summed E-state index contributed by atoms with van der Waals surface area (Å²) in [5.74, 6) is 0.710. The van der Waals surface area contributed by atoms with Gasteiger partial charge in [0.2, 0.25) is 5.95 Å². The van der Waals surface area contributed by atoms with Gasteiger partial charge in [-0.05, 0) is 47.2 Å². The van der Waals surface area contributed by atoms with E-state index in [4.69, 9.17) is 0 Å². The first-order valence-corrected chi connectivity index (χ1v) is 8.04. The number of halogens is 1. The zero-order chi connectivity index (χ0) is 12.6. The van der Waals surface area contributed by atoms with Crippen LogP contribution in [0.1, 0.15) is 19.3 Å². The SMILES string of the molecule is CSC1(CNc2nc3c(Br)cccn3n2)CCC1. The van der Waals surface area contributed by atoms with Crippen LogP contribution in [0.5, 0.6) is 0 Å². The maximum absolute atomic E-state index is 4.49. The molecule has 1 N–H and O–H groups in total. The van der Waals surface area contributed by atoms with Crippen LogP contribution in [0.15, 0.2) is 22.8 Å². The van der Waals surface area contributed by atoms with Crippen molar-refractivity contribution in [3.8, 4) is 0 Å². The van der Waals surface area contributed by atoms with Crippen molar-refractivity contribution in [2.75, 3.05) is 18.1 Å². The van der Waals surface area contributed by atoms with Gasteiger partial charge in [-0.2, -0.15) is 16.7 Å². The van der Waals surface area contributed by atoms with Crippen LogP contribution in [-0.4, -0.2) is 32.1 Å². The van der Waals surface area contributed by atoms with Crippen LogP contribution in [0.25, 0.3) is 5.65 Å². The molecule has 0 aliphatic heterocycles. The lowest BCUT2D eigenvalue weighted by molar-refractivity contribution is 0.379. The highest BCUT2D eigenvalue weighted by Crippen LogP contribution is 2.42. The van der Waals surface area contributed by atoms with Gasteiger partial charge in [0.25, 0.3) is 0 Å². The normalized spacial score (nSPS) is 17.7. The number of thioether (sulfide) groups is 1. The topological polar surface area (TPSA) is 42.2 Å². The largest absolute Gasteiger partial charge is 0.352 e. The van der Waals surface area contributed by atoms with Gasteiger partial charge in [-0.15, -0.1) is 5.10 Å². The Bertz CT molecular complexity index is 559. The fourth-order valence-corrected chi connectivity index (χ4v) is 3.55. The standard InChI is InChI=1S/C12H15BrN4S/c1-18-12(5-3-6-12)8-14-11-15-10-9(13)4-2-7-17(10)16-11/h2,4,7H,3,5-6,8H2,1H3,(H,14,16). The smallest absolute Gasteiger partial charge is 0.243 e. The summed E-state index contributed by atoms with van der Waals surface area (Å²) < 4.78 is 3.15. The molecule has 6 heteroatoms. The molecule has 0 spiro atoms. The van der Waals surface area contributed by atoms with Gasteiger partial charge in [0.05, 0.1) is 4.47 Å². The van der Waals surface area contributed by atoms with Gasteiger partial charge in [-0.25, -0.2) is 4.52 Å². The van der Waals surface area contributed by atoms with Crippen LogP contribution in [0.2, 0.25) is 0 Å². The zero-order valence-corrected chi connectivity index (χ0v) is 12.6. The molecule has 2 aromatic rings. The van der Waals surface area contributed by atoms with E-state index in [1.54, 1.807) is 4.52 Å². The third-order valence-electron chi connectivity index (χ3n) is 3.58. The Kier molecular flexibility index (Phi) is 3.23. The van der Waals surface area contributed by atoms with Gasteiger partial charge in [0.1, 0.15) is 0 Å². The molecule has 1 aliphatic carbocycles. The Morgan fingerprint density at radius 2 is 2.39 bits per heavy atom. The summed E-state index contributed by atoms with van der Waals surface area (Å²) in [6, 6.07) is 3.92. The summed E-state index contributed by atoms with van der Waals surface area (Å²) in [7, 11) is 0. The number of hydrogen-bond acceptors (Lipinski definition) is 4. The van der Waals surface area contributed by atoms with Crippen LogP contribution < -0.4 is 5.32 Å². The van der Waals surface area contributed by atoms with Crippen LogP contribution >= 0.6 is 27.7 Å². The monoisotopic (exact) mass is 326 g/mol. The summed E-state index contributed by atoms with van der Waals surface area (Å²) in [5.41, 5.74) is 0.854. The van der Waals surface area contributed by atoms with E-state index in [1.807, 2.05) is 30.1 Å². The van der Waals surface area contributed by atoms with Crippen molar-refractivity contribution in [3.05, 3.63) is 22.8 Å². The molecule has 0 bridgehead atoms. The first-order chi connectivity index (χ1) is 8.72. The van der Waals surface area contributed by atoms with E-state index in [1.165, 1.54) is 19.3 Å². The molecule has 96 valence electrons. The average molecular weight is 327 g/mol. The van der Waals surface area contributed by atoms with E-state index in [-0.39, 0.29) is 0 Å². The number of nitrogens with zero attached hydrogens (tertiary/aromatic N) is 3. The fraction of sp³-hybridized carbons (Fsp3) is 0.500. The third-order valence-corrected chi connectivity index (χ3v) is 5.62. The number of nitrogens with one attached hydrogen (secondary N) is 1. The Balaban J connectivity index is 1.77. The highest BCUT2D eigenvalue weighted by atomic mass is 79.9. The third kappa shape index (κ3) is 2.12.